The molecule has 1 aliphatic rings. The first-order valence-electron chi connectivity index (χ1n) is 11.9. The third-order valence-corrected chi connectivity index (χ3v) is 6.07. The molecule has 1 aromatic heterocycles. The predicted molar refractivity (Wildman–Crippen MR) is 133 cm³/mol. The molecule has 1 N–H and O–H groups in total. The highest BCUT2D eigenvalue weighted by molar-refractivity contribution is 5.68. The summed E-state index contributed by atoms with van der Waals surface area (Å²) in [6, 6.07) is 13.6. The van der Waals surface area contributed by atoms with E-state index in [-0.39, 0.29) is 19.1 Å². The molecule has 1 atom stereocenters. The molecule has 8 heteroatoms. The van der Waals surface area contributed by atoms with E-state index >= 15 is 0 Å². The molecule has 0 bridgehead atoms. The van der Waals surface area contributed by atoms with Crippen molar-refractivity contribution in [2.24, 2.45) is 0 Å². The molecule has 0 spiro atoms. The van der Waals surface area contributed by atoms with Gasteiger partial charge in [0.2, 0.25) is 12.7 Å². The Morgan fingerprint density at radius 2 is 2.00 bits per heavy atom. The van der Waals surface area contributed by atoms with Gasteiger partial charge < -0.3 is 24.2 Å². The van der Waals surface area contributed by atoms with E-state index in [4.69, 9.17) is 24.3 Å². The fourth-order valence-electron chi connectivity index (χ4n) is 4.17. The fraction of sp³-hybridized carbons (Fsp3) is 0.370. The molecule has 4 rings (SSSR count). The van der Waals surface area contributed by atoms with Gasteiger partial charge in [0.1, 0.15) is 5.75 Å². The highest BCUT2D eigenvalue weighted by Crippen LogP contribution is 2.35. The number of nitrogens with zero attached hydrogens (tertiary/aromatic N) is 3. The van der Waals surface area contributed by atoms with Crippen LogP contribution in [0.25, 0.3) is 11.3 Å². The molecule has 2 heterocycles. The van der Waals surface area contributed by atoms with Crippen LogP contribution in [0.15, 0.2) is 48.7 Å². The summed E-state index contributed by atoms with van der Waals surface area (Å²) in [5.74, 6) is 2.11. The van der Waals surface area contributed by atoms with Gasteiger partial charge in [-0.15, -0.1) is 0 Å². The highest BCUT2D eigenvalue weighted by atomic mass is 16.7. The first-order valence-corrected chi connectivity index (χ1v) is 11.9. The van der Waals surface area contributed by atoms with Gasteiger partial charge in [0.05, 0.1) is 18.7 Å². The number of rotatable bonds is 11. The number of aromatic nitrogens is 2. The zero-order valence-electron chi connectivity index (χ0n) is 20.4. The molecular formula is C27H31N3O5. The van der Waals surface area contributed by atoms with Crippen molar-refractivity contribution in [3.8, 4) is 28.5 Å². The van der Waals surface area contributed by atoms with Crippen molar-refractivity contribution >= 4 is 11.9 Å². The van der Waals surface area contributed by atoms with Gasteiger partial charge in [-0.2, -0.15) is 0 Å². The summed E-state index contributed by atoms with van der Waals surface area (Å²) in [7, 11) is 1.96. The number of hydrogen-bond donors (Lipinski definition) is 1. The van der Waals surface area contributed by atoms with E-state index in [1.165, 1.54) is 0 Å². The first-order chi connectivity index (χ1) is 16.9. The molecule has 0 amide bonds. The van der Waals surface area contributed by atoms with E-state index in [0.29, 0.717) is 12.6 Å². The SMILES string of the molecule is CCc1cc(OCCCN(C)c2nccc(-c3ccc4c(c3)OCO4)n2)ccc1C(C)CC(=O)O. The Labute approximate surface area is 205 Å². The van der Waals surface area contributed by atoms with Crippen LogP contribution >= 0.6 is 0 Å². The lowest BCUT2D eigenvalue weighted by Crippen LogP contribution is -2.22. The van der Waals surface area contributed by atoms with Gasteiger partial charge >= 0.3 is 5.97 Å². The number of carboxylic acid groups (broad SMARTS) is 1. The highest BCUT2D eigenvalue weighted by Gasteiger charge is 2.16. The number of ether oxygens (including phenoxy) is 3. The Morgan fingerprint density at radius 1 is 1.17 bits per heavy atom. The third-order valence-electron chi connectivity index (χ3n) is 6.07. The van der Waals surface area contributed by atoms with Crippen molar-refractivity contribution in [3.63, 3.8) is 0 Å². The smallest absolute Gasteiger partial charge is 0.303 e. The molecule has 184 valence electrons. The van der Waals surface area contributed by atoms with Crippen LogP contribution in [-0.2, 0) is 11.2 Å². The topological polar surface area (TPSA) is 94.0 Å². The summed E-state index contributed by atoms with van der Waals surface area (Å²) in [4.78, 5) is 22.2. The predicted octanol–water partition coefficient (Wildman–Crippen LogP) is 4.92. The lowest BCUT2D eigenvalue weighted by atomic mass is 9.92. The van der Waals surface area contributed by atoms with Crippen LogP contribution in [0, 0.1) is 0 Å². The van der Waals surface area contributed by atoms with Gasteiger partial charge in [0, 0.05) is 25.4 Å². The Bertz CT molecular complexity index is 1180. The maximum atomic E-state index is 11.1. The molecule has 0 radical (unpaired) electrons. The molecule has 0 aliphatic carbocycles. The minimum atomic E-state index is -0.783. The van der Waals surface area contributed by atoms with Gasteiger partial charge in [-0.1, -0.05) is 19.9 Å². The fourth-order valence-corrected chi connectivity index (χ4v) is 4.17. The van der Waals surface area contributed by atoms with Crippen LogP contribution in [-0.4, -0.2) is 48.0 Å². The summed E-state index contributed by atoms with van der Waals surface area (Å²) in [6.07, 6.45) is 3.51. The van der Waals surface area contributed by atoms with Crippen molar-refractivity contribution in [2.45, 2.75) is 39.0 Å². The molecule has 0 fully saturated rings. The Kier molecular flexibility index (Phi) is 7.70. The zero-order chi connectivity index (χ0) is 24.8. The van der Waals surface area contributed by atoms with Gasteiger partial charge in [-0.05, 0) is 66.3 Å². The third kappa shape index (κ3) is 6.01. The van der Waals surface area contributed by atoms with Gasteiger partial charge in [-0.3, -0.25) is 4.79 Å². The summed E-state index contributed by atoms with van der Waals surface area (Å²) < 4.78 is 16.8. The van der Waals surface area contributed by atoms with Crippen LogP contribution in [0.5, 0.6) is 17.2 Å². The second-order valence-electron chi connectivity index (χ2n) is 8.65. The van der Waals surface area contributed by atoms with Crippen LogP contribution in [0.2, 0.25) is 0 Å². The minimum absolute atomic E-state index is 0.0291. The molecule has 1 aliphatic heterocycles. The molecule has 0 saturated heterocycles. The maximum Gasteiger partial charge on any atom is 0.303 e. The maximum absolute atomic E-state index is 11.1. The number of benzene rings is 2. The quantitative estimate of drug-likeness (QED) is 0.389. The van der Waals surface area contributed by atoms with E-state index < -0.39 is 5.97 Å². The number of fused-ring (bicyclic) bond motifs is 1. The van der Waals surface area contributed by atoms with Crippen LogP contribution in [0.3, 0.4) is 0 Å². The number of carbonyl (C=O) groups is 1. The number of aliphatic carboxylic acids is 1. The van der Waals surface area contributed by atoms with Crippen LogP contribution < -0.4 is 19.1 Å². The minimum Gasteiger partial charge on any atom is -0.494 e. The number of carboxylic acids is 1. The second-order valence-corrected chi connectivity index (χ2v) is 8.65. The number of anilines is 1. The zero-order valence-corrected chi connectivity index (χ0v) is 20.4. The Morgan fingerprint density at radius 3 is 2.80 bits per heavy atom. The second kappa shape index (κ2) is 11.1. The Balaban J connectivity index is 1.31. The average molecular weight is 478 g/mol. The molecule has 2 aromatic carbocycles. The summed E-state index contributed by atoms with van der Waals surface area (Å²) in [5.41, 5.74) is 3.96. The molecule has 0 saturated carbocycles. The lowest BCUT2D eigenvalue weighted by Gasteiger charge is -2.18. The van der Waals surface area contributed by atoms with Crippen molar-refractivity contribution in [3.05, 3.63) is 59.8 Å². The molecule has 35 heavy (non-hydrogen) atoms. The van der Waals surface area contributed by atoms with E-state index in [1.807, 2.05) is 61.3 Å². The standard InChI is InChI=1S/C27H31N3O5/c1-4-19-15-21(7-8-22(19)18(2)14-26(31)32)33-13-5-12-30(3)27-28-11-10-23(29-27)20-6-9-24-25(16-20)35-17-34-24/h6-11,15-16,18H,4-5,12-14,17H2,1-3H3,(H,31,32). The molecular weight excluding hydrogens is 446 g/mol. The van der Waals surface area contributed by atoms with Gasteiger partial charge in [-0.25, -0.2) is 9.97 Å². The van der Waals surface area contributed by atoms with E-state index in [9.17, 15) is 4.79 Å². The Hall–Kier alpha value is -3.81. The van der Waals surface area contributed by atoms with E-state index in [2.05, 4.69) is 11.9 Å². The number of hydrogen-bond acceptors (Lipinski definition) is 7. The number of aryl methyl sites for hydroxylation is 1. The first kappa shape index (κ1) is 24.3. The molecule has 8 nitrogen and oxygen atoms in total. The van der Waals surface area contributed by atoms with Crippen LogP contribution in [0.4, 0.5) is 5.95 Å². The lowest BCUT2D eigenvalue weighted by molar-refractivity contribution is -0.137. The van der Waals surface area contributed by atoms with Crippen molar-refractivity contribution in [1.82, 2.24) is 9.97 Å². The van der Waals surface area contributed by atoms with E-state index in [1.54, 1.807) is 6.20 Å². The van der Waals surface area contributed by atoms with Crippen molar-refractivity contribution < 1.29 is 24.1 Å². The summed E-state index contributed by atoms with van der Waals surface area (Å²) in [6.45, 7) is 5.55. The van der Waals surface area contributed by atoms with Crippen molar-refractivity contribution in [2.75, 3.05) is 31.9 Å². The van der Waals surface area contributed by atoms with Gasteiger partial charge in [0.15, 0.2) is 11.5 Å². The average Bonchev–Trinajstić information content (AvgIpc) is 3.34. The van der Waals surface area contributed by atoms with Gasteiger partial charge in [0.25, 0.3) is 0 Å². The molecule has 1 unspecified atom stereocenters. The van der Waals surface area contributed by atoms with Crippen LogP contribution in [0.1, 0.15) is 43.7 Å². The van der Waals surface area contributed by atoms with E-state index in [0.717, 1.165) is 59.0 Å². The summed E-state index contributed by atoms with van der Waals surface area (Å²) >= 11 is 0. The normalized spacial score (nSPS) is 12.9. The summed E-state index contributed by atoms with van der Waals surface area (Å²) in [5, 5.41) is 9.09. The molecule has 3 aromatic rings. The largest absolute Gasteiger partial charge is 0.494 e. The van der Waals surface area contributed by atoms with Crippen molar-refractivity contribution in [1.29, 1.82) is 0 Å². The monoisotopic (exact) mass is 477 g/mol.